The molecule has 1 amide bonds. The zero-order valence-electron chi connectivity index (χ0n) is 18.2. The summed E-state index contributed by atoms with van der Waals surface area (Å²) >= 11 is 6.23. The van der Waals surface area contributed by atoms with Gasteiger partial charge in [0.05, 0.1) is 39.4 Å². The Morgan fingerprint density at radius 3 is 2.55 bits per heavy atom. The van der Waals surface area contributed by atoms with Gasteiger partial charge < -0.3 is 0 Å². The summed E-state index contributed by atoms with van der Waals surface area (Å²) in [4.78, 5) is 30.3. The third kappa shape index (κ3) is 4.43. The van der Waals surface area contributed by atoms with Crippen LogP contribution in [0.15, 0.2) is 48.5 Å². The standard InChI is InChI=1S/C25H21ClN4O3/c1-15-22(26)16(2)28-24(23(15)30(32)33)29(25(31)19-9-10-19)14-17-8-11-21(20(12-17)13-27)18-6-4-3-5-7-18/h3-8,11-12,19H,9-10,14H2,1-2H3. The van der Waals surface area contributed by atoms with Gasteiger partial charge in [-0.3, -0.25) is 19.8 Å². The summed E-state index contributed by atoms with van der Waals surface area (Å²) in [6.45, 7) is 3.28. The summed E-state index contributed by atoms with van der Waals surface area (Å²) < 4.78 is 0. The Morgan fingerprint density at radius 2 is 1.94 bits per heavy atom. The summed E-state index contributed by atoms with van der Waals surface area (Å²) in [6.07, 6.45) is 1.48. The van der Waals surface area contributed by atoms with Crippen molar-refractivity contribution in [2.75, 3.05) is 4.90 Å². The molecule has 3 aromatic rings. The van der Waals surface area contributed by atoms with Crippen molar-refractivity contribution in [3.8, 4) is 17.2 Å². The Hall–Kier alpha value is -3.76. The summed E-state index contributed by atoms with van der Waals surface area (Å²) in [5.41, 5.74) is 3.25. The van der Waals surface area contributed by atoms with E-state index in [0.29, 0.717) is 16.8 Å². The monoisotopic (exact) mass is 460 g/mol. The van der Waals surface area contributed by atoms with Crippen molar-refractivity contribution < 1.29 is 9.72 Å². The fourth-order valence-corrected chi connectivity index (χ4v) is 3.98. The van der Waals surface area contributed by atoms with Gasteiger partial charge in [-0.15, -0.1) is 0 Å². The largest absolute Gasteiger partial charge is 0.316 e. The van der Waals surface area contributed by atoms with Crippen LogP contribution >= 0.6 is 11.6 Å². The lowest BCUT2D eigenvalue weighted by atomic mass is 9.98. The maximum Gasteiger partial charge on any atom is 0.316 e. The Labute approximate surface area is 196 Å². The second-order valence-corrected chi connectivity index (χ2v) is 8.50. The van der Waals surface area contributed by atoms with E-state index in [2.05, 4.69) is 11.1 Å². The lowest BCUT2D eigenvalue weighted by Crippen LogP contribution is -2.33. The van der Waals surface area contributed by atoms with Crippen molar-refractivity contribution in [3.05, 3.63) is 86.1 Å². The van der Waals surface area contributed by atoms with Gasteiger partial charge in [0.2, 0.25) is 11.7 Å². The molecule has 0 unspecified atom stereocenters. The van der Waals surface area contributed by atoms with E-state index in [-0.39, 0.29) is 40.5 Å². The molecule has 0 saturated heterocycles. The number of aryl methyl sites for hydroxylation is 1. The lowest BCUT2D eigenvalue weighted by molar-refractivity contribution is -0.384. The first kappa shape index (κ1) is 22.4. The van der Waals surface area contributed by atoms with Gasteiger partial charge in [-0.25, -0.2) is 4.98 Å². The number of aromatic nitrogens is 1. The van der Waals surface area contributed by atoms with Gasteiger partial charge in [-0.2, -0.15) is 5.26 Å². The molecule has 0 atom stereocenters. The highest BCUT2D eigenvalue weighted by Crippen LogP contribution is 2.40. The summed E-state index contributed by atoms with van der Waals surface area (Å²) in [7, 11) is 0. The number of carbonyl (C=O) groups excluding carboxylic acids is 1. The zero-order chi connectivity index (χ0) is 23.7. The fourth-order valence-electron chi connectivity index (χ4n) is 3.85. The molecule has 4 rings (SSSR count). The molecule has 0 spiro atoms. The minimum Gasteiger partial charge on any atom is -0.286 e. The van der Waals surface area contributed by atoms with E-state index >= 15 is 0 Å². The van der Waals surface area contributed by atoms with E-state index in [9.17, 15) is 20.2 Å². The van der Waals surface area contributed by atoms with Crippen LogP contribution in [0, 0.1) is 41.2 Å². The number of benzene rings is 2. The maximum atomic E-state index is 13.2. The number of nitrogens with zero attached hydrogens (tertiary/aromatic N) is 4. The van der Waals surface area contributed by atoms with Gasteiger partial charge in [0.15, 0.2) is 0 Å². The molecule has 1 saturated carbocycles. The van der Waals surface area contributed by atoms with Crippen LogP contribution in [0.25, 0.3) is 11.1 Å². The van der Waals surface area contributed by atoms with Crippen molar-refractivity contribution in [2.24, 2.45) is 5.92 Å². The number of hydrogen-bond donors (Lipinski definition) is 0. The van der Waals surface area contributed by atoms with Crippen molar-refractivity contribution >= 4 is 29.0 Å². The summed E-state index contributed by atoms with van der Waals surface area (Å²) in [5, 5.41) is 21.8. The fraction of sp³-hybridized carbons (Fsp3) is 0.240. The second-order valence-electron chi connectivity index (χ2n) is 8.12. The van der Waals surface area contributed by atoms with Crippen LogP contribution in [0.4, 0.5) is 11.5 Å². The number of anilines is 1. The number of nitriles is 1. The van der Waals surface area contributed by atoms with Crippen molar-refractivity contribution in [1.82, 2.24) is 4.98 Å². The molecule has 0 bridgehead atoms. The van der Waals surface area contributed by atoms with Crippen LogP contribution in [-0.2, 0) is 11.3 Å². The van der Waals surface area contributed by atoms with Gasteiger partial charge in [0.25, 0.3) is 0 Å². The second kappa shape index (κ2) is 9.00. The van der Waals surface area contributed by atoms with E-state index in [1.54, 1.807) is 19.9 Å². The molecule has 7 nitrogen and oxygen atoms in total. The SMILES string of the molecule is Cc1nc(N(Cc2ccc(-c3ccccc3)c(C#N)c2)C(=O)C2CC2)c([N+](=O)[O-])c(C)c1Cl. The van der Waals surface area contributed by atoms with E-state index in [0.717, 1.165) is 24.0 Å². The van der Waals surface area contributed by atoms with Crippen LogP contribution in [0.1, 0.15) is 35.2 Å². The third-order valence-corrected chi connectivity index (χ3v) is 6.31. The van der Waals surface area contributed by atoms with Gasteiger partial charge in [0, 0.05) is 5.92 Å². The van der Waals surface area contributed by atoms with E-state index in [1.807, 2.05) is 42.5 Å². The zero-order valence-corrected chi connectivity index (χ0v) is 19.0. The number of halogens is 1. The molecule has 0 radical (unpaired) electrons. The normalized spacial score (nSPS) is 12.8. The molecule has 166 valence electrons. The molecule has 8 heteroatoms. The Balaban J connectivity index is 1.79. The number of rotatable bonds is 6. The van der Waals surface area contributed by atoms with E-state index in [4.69, 9.17) is 11.6 Å². The first-order valence-electron chi connectivity index (χ1n) is 10.5. The van der Waals surface area contributed by atoms with Gasteiger partial charge in [0.1, 0.15) is 0 Å². The number of pyridine rings is 1. The smallest absolute Gasteiger partial charge is 0.286 e. The molecule has 0 aliphatic heterocycles. The quantitative estimate of drug-likeness (QED) is 0.344. The highest BCUT2D eigenvalue weighted by molar-refractivity contribution is 6.32. The first-order chi connectivity index (χ1) is 15.8. The van der Waals surface area contributed by atoms with Crippen molar-refractivity contribution in [2.45, 2.75) is 33.2 Å². The molecule has 0 N–H and O–H groups in total. The van der Waals surface area contributed by atoms with E-state index in [1.165, 1.54) is 4.90 Å². The van der Waals surface area contributed by atoms with Crippen LogP contribution in [0.2, 0.25) is 5.02 Å². The molecule has 33 heavy (non-hydrogen) atoms. The molecule has 2 aromatic carbocycles. The predicted octanol–water partition coefficient (Wildman–Crippen LogP) is 5.74. The van der Waals surface area contributed by atoms with Crippen LogP contribution < -0.4 is 4.90 Å². The highest BCUT2D eigenvalue weighted by Gasteiger charge is 2.38. The number of carbonyl (C=O) groups is 1. The highest BCUT2D eigenvalue weighted by atomic mass is 35.5. The van der Waals surface area contributed by atoms with Gasteiger partial charge in [-0.1, -0.05) is 54.1 Å². The number of amides is 1. The Kier molecular flexibility index (Phi) is 6.12. The molecular weight excluding hydrogens is 440 g/mol. The topological polar surface area (TPSA) is 100 Å². The van der Waals surface area contributed by atoms with Gasteiger partial charge >= 0.3 is 5.69 Å². The molecule has 1 aliphatic rings. The van der Waals surface area contributed by atoms with Crippen molar-refractivity contribution in [3.63, 3.8) is 0 Å². The number of nitro groups is 1. The van der Waals surface area contributed by atoms with Crippen LogP contribution in [0.3, 0.4) is 0 Å². The molecule has 1 aromatic heterocycles. The minimum absolute atomic E-state index is 0.0121. The minimum atomic E-state index is -0.546. The predicted molar refractivity (Wildman–Crippen MR) is 126 cm³/mol. The molecular formula is C25H21ClN4O3. The maximum absolute atomic E-state index is 13.2. The number of hydrogen-bond acceptors (Lipinski definition) is 5. The lowest BCUT2D eigenvalue weighted by Gasteiger charge is -2.23. The Morgan fingerprint density at radius 1 is 1.24 bits per heavy atom. The van der Waals surface area contributed by atoms with Crippen molar-refractivity contribution in [1.29, 1.82) is 5.26 Å². The average Bonchev–Trinajstić information content (AvgIpc) is 3.66. The molecule has 1 aliphatic carbocycles. The average molecular weight is 461 g/mol. The third-order valence-electron chi connectivity index (χ3n) is 5.75. The Bertz CT molecular complexity index is 1300. The summed E-state index contributed by atoms with van der Waals surface area (Å²) in [5.74, 6) is -0.402. The molecule has 1 fully saturated rings. The van der Waals surface area contributed by atoms with Crippen LogP contribution in [-0.4, -0.2) is 15.8 Å². The summed E-state index contributed by atoms with van der Waals surface area (Å²) in [6, 6.07) is 17.2. The molecule has 1 heterocycles. The first-order valence-corrected chi connectivity index (χ1v) is 10.9. The van der Waals surface area contributed by atoms with Crippen LogP contribution in [0.5, 0.6) is 0 Å². The van der Waals surface area contributed by atoms with E-state index < -0.39 is 4.92 Å². The van der Waals surface area contributed by atoms with Gasteiger partial charge in [-0.05, 0) is 49.4 Å².